The van der Waals surface area contributed by atoms with Crippen LogP contribution >= 0.6 is 0 Å². The molecule has 1 fully saturated rings. The van der Waals surface area contributed by atoms with Crippen molar-refractivity contribution in [3.8, 4) is 11.6 Å². The fourth-order valence-electron chi connectivity index (χ4n) is 3.50. The largest absolute Gasteiger partial charge is 0.497 e. The molecule has 2 atom stereocenters. The van der Waals surface area contributed by atoms with Gasteiger partial charge in [-0.2, -0.15) is 0 Å². The van der Waals surface area contributed by atoms with E-state index in [9.17, 15) is 14.4 Å². The maximum Gasteiger partial charge on any atom is 0.408 e. The van der Waals surface area contributed by atoms with Gasteiger partial charge in [0.1, 0.15) is 30.0 Å². The highest BCUT2D eigenvalue weighted by Crippen LogP contribution is 2.29. The lowest BCUT2D eigenvalue weighted by Crippen LogP contribution is -2.48. The number of ether oxygens (including phenoxy) is 3. The summed E-state index contributed by atoms with van der Waals surface area (Å²) >= 11 is 0. The van der Waals surface area contributed by atoms with Gasteiger partial charge in [0.2, 0.25) is 17.7 Å². The van der Waals surface area contributed by atoms with Crippen molar-refractivity contribution in [2.75, 3.05) is 20.2 Å². The second-order valence-electron chi connectivity index (χ2n) is 8.50. The minimum atomic E-state index is -0.844. The molecule has 1 aromatic carbocycles. The monoisotopic (exact) mass is 444 g/mol. The van der Waals surface area contributed by atoms with Crippen molar-refractivity contribution >= 4 is 28.7 Å². The zero-order valence-corrected chi connectivity index (χ0v) is 18.6. The zero-order valence-electron chi connectivity index (χ0n) is 18.6. The van der Waals surface area contributed by atoms with Gasteiger partial charge < -0.3 is 30.2 Å². The first-order chi connectivity index (χ1) is 15.1. The Labute approximate surface area is 186 Å². The van der Waals surface area contributed by atoms with E-state index in [0.29, 0.717) is 11.6 Å². The molecule has 0 bridgehead atoms. The first kappa shape index (κ1) is 23.1. The van der Waals surface area contributed by atoms with Crippen LogP contribution in [0.3, 0.4) is 0 Å². The molecule has 1 aromatic heterocycles. The number of hydrogen-bond donors (Lipinski definition) is 2. The molecule has 0 saturated carbocycles. The maximum atomic E-state index is 12.7. The van der Waals surface area contributed by atoms with Gasteiger partial charge in [0, 0.05) is 18.0 Å². The first-order valence-electron chi connectivity index (χ1n) is 10.2. The summed E-state index contributed by atoms with van der Waals surface area (Å²) in [7, 11) is 1.59. The number of aromatic nitrogens is 1. The molecule has 3 amide bonds. The number of hydrogen-bond acceptors (Lipinski definition) is 7. The van der Waals surface area contributed by atoms with Gasteiger partial charge in [-0.05, 0) is 50.4 Å². The summed E-state index contributed by atoms with van der Waals surface area (Å²) in [6, 6.07) is 6.50. The third-order valence-corrected chi connectivity index (χ3v) is 4.91. The van der Waals surface area contributed by atoms with E-state index in [0.717, 1.165) is 10.8 Å². The van der Waals surface area contributed by atoms with Crippen molar-refractivity contribution in [3.05, 3.63) is 30.5 Å². The molecule has 0 aliphatic carbocycles. The number of benzene rings is 1. The van der Waals surface area contributed by atoms with Gasteiger partial charge in [-0.15, -0.1) is 0 Å². The number of amides is 3. The second-order valence-corrected chi connectivity index (χ2v) is 8.50. The number of carbonyl (C=O) groups is 3. The SMILES string of the molecule is COc1ccc2c(O[C@@H]3C[C@@H](C(N)=O)N(C(=O)CNC(=O)OC(C)(C)C)C3)nccc2c1. The lowest BCUT2D eigenvalue weighted by Gasteiger charge is -2.23. The van der Waals surface area contributed by atoms with Gasteiger partial charge in [-0.3, -0.25) is 9.59 Å². The van der Waals surface area contributed by atoms with E-state index in [1.54, 1.807) is 40.1 Å². The van der Waals surface area contributed by atoms with Crippen LogP contribution in [0.5, 0.6) is 11.6 Å². The summed E-state index contributed by atoms with van der Waals surface area (Å²) in [6.45, 7) is 4.97. The molecule has 2 aromatic rings. The van der Waals surface area contributed by atoms with Crippen LogP contribution in [0.4, 0.5) is 4.79 Å². The number of alkyl carbamates (subject to hydrolysis) is 1. The molecular weight excluding hydrogens is 416 g/mol. The molecule has 1 saturated heterocycles. The predicted molar refractivity (Wildman–Crippen MR) is 116 cm³/mol. The molecule has 0 spiro atoms. The van der Waals surface area contributed by atoms with Crippen molar-refractivity contribution in [2.45, 2.75) is 44.9 Å². The molecule has 2 heterocycles. The van der Waals surface area contributed by atoms with Crippen LogP contribution < -0.4 is 20.5 Å². The number of nitrogens with two attached hydrogens (primary N) is 1. The standard InChI is InChI=1S/C22H28N4O6/c1-22(2,3)32-21(29)25-11-18(27)26-12-15(10-17(26)19(23)28)31-20-16-6-5-14(30-4)9-13(16)7-8-24-20/h5-9,15,17H,10-12H2,1-4H3,(H2,23,28)(H,25,29)/t15-,17+/m1/s1. The third kappa shape index (κ3) is 5.57. The van der Waals surface area contributed by atoms with Crippen molar-refractivity contribution in [1.82, 2.24) is 15.2 Å². The zero-order chi connectivity index (χ0) is 23.5. The molecule has 10 heteroatoms. The van der Waals surface area contributed by atoms with Crippen molar-refractivity contribution in [3.63, 3.8) is 0 Å². The average Bonchev–Trinajstić information content (AvgIpc) is 3.15. The van der Waals surface area contributed by atoms with E-state index >= 15 is 0 Å². The Balaban J connectivity index is 1.69. The van der Waals surface area contributed by atoms with Gasteiger partial charge in [0.05, 0.1) is 13.7 Å². The predicted octanol–water partition coefficient (Wildman–Crippen LogP) is 1.60. The summed E-state index contributed by atoms with van der Waals surface area (Å²) in [5.74, 6) is -0.00294. The molecule has 172 valence electrons. The Kier molecular flexibility index (Phi) is 6.71. The fraction of sp³-hybridized carbons (Fsp3) is 0.455. The van der Waals surface area contributed by atoms with E-state index in [1.165, 1.54) is 4.90 Å². The van der Waals surface area contributed by atoms with E-state index in [-0.39, 0.29) is 19.5 Å². The van der Waals surface area contributed by atoms with Gasteiger partial charge in [-0.1, -0.05) is 0 Å². The van der Waals surface area contributed by atoms with Gasteiger partial charge in [-0.25, -0.2) is 9.78 Å². The number of methoxy groups -OCH3 is 1. The Morgan fingerprint density at radius 2 is 2.00 bits per heavy atom. The Morgan fingerprint density at radius 1 is 1.25 bits per heavy atom. The smallest absolute Gasteiger partial charge is 0.408 e. The molecule has 0 radical (unpaired) electrons. The highest BCUT2D eigenvalue weighted by atomic mass is 16.6. The minimum Gasteiger partial charge on any atom is -0.497 e. The molecule has 1 aliphatic heterocycles. The highest BCUT2D eigenvalue weighted by Gasteiger charge is 2.40. The Bertz CT molecular complexity index is 1020. The van der Waals surface area contributed by atoms with E-state index < -0.39 is 35.7 Å². The lowest BCUT2D eigenvalue weighted by molar-refractivity contribution is -0.136. The number of likely N-dealkylation sites (tertiary alicyclic amines) is 1. The van der Waals surface area contributed by atoms with Gasteiger partial charge >= 0.3 is 6.09 Å². The van der Waals surface area contributed by atoms with Crippen LogP contribution in [0.2, 0.25) is 0 Å². The number of carbonyl (C=O) groups excluding carboxylic acids is 3. The molecule has 3 N–H and O–H groups in total. The average molecular weight is 444 g/mol. The summed E-state index contributed by atoms with van der Waals surface area (Å²) in [5.41, 5.74) is 4.82. The third-order valence-electron chi connectivity index (χ3n) is 4.91. The van der Waals surface area contributed by atoms with E-state index in [1.807, 2.05) is 18.2 Å². The van der Waals surface area contributed by atoms with Crippen LogP contribution in [-0.4, -0.2) is 65.7 Å². The van der Waals surface area contributed by atoms with E-state index in [4.69, 9.17) is 19.9 Å². The molecule has 0 unspecified atom stereocenters. The Morgan fingerprint density at radius 3 is 2.66 bits per heavy atom. The molecule has 3 rings (SSSR count). The first-order valence-corrected chi connectivity index (χ1v) is 10.2. The van der Waals surface area contributed by atoms with Crippen molar-refractivity contribution in [1.29, 1.82) is 0 Å². The number of nitrogens with one attached hydrogen (secondary N) is 1. The van der Waals surface area contributed by atoms with Gasteiger partial charge in [0.25, 0.3) is 0 Å². The topological polar surface area (TPSA) is 133 Å². The molecule has 10 nitrogen and oxygen atoms in total. The summed E-state index contributed by atoms with van der Waals surface area (Å²) in [5, 5.41) is 4.07. The molecule has 32 heavy (non-hydrogen) atoms. The van der Waals surface area contributed by atoms with Crippen molar-refractivity contribution in [2.24, 2.45) is 5.73 Å². The second kappa shape index (κ2) is 9.29. The number of nitrogens with zero attached hydrogens (tertiary/aromatic N) is 2. The maximum absolute atomic E-state index is 12.7. The van der Waals surface area contributed by atoms with Crippen LogP contribution in [0.15, 0.2) is 30.5 Å². The van der Waals surface area contributed by atoms with Crippen LogP contribution in [0.1, 0.15) is 27.2 Å². The highest BCUT2D eigenvalue weighted by molar-refractivity contribution is 5.90. The lowest BCUT2D eigenvalue weighted by atomic mass is 10.1. The molecule has 1 aliphatic rings. The van der Waals surface area contributed by atoms with Crippen LogP contribution in [0.25, 0.3) is 10.8 Å². The fourth-order valence-corrected chi connectivity index (χ4v) is 3.50. The van der Waals surface area contributed by atoms with Crippen LogP contribution in [0, 0.1) is 0 Å². The number of fused-ring (bicyclic) bond motifs is 1. The summed E-state index contributed by atoms with van der Waals surface area (Å²) < 4.78 is 16.4. The number of rotatable bonds is 6. The number of pyridine rings is 1. The quantitative estimate of drug-likeness (QED) is 0.691. The van der Waals surface area contributed by atoms with E-state index in [2.05, 4.69) is 10.3 Å². The summed E-state index contributed by atoms with van der Waals surface area (Å²) in [4.78, 5) is 42.1. The Hall–Kier alpha value is -3.56. The van der Waals surface area contributed by atoms with Crippen molar-refractivity contribution < 1.29 is 28.6 Å². The normalized spacial score (nSPS) is 18.3. The van der Waals surface area contributed by atoms with Gasteiger partial charge in [0.15, 0.2) is 0 Å². The molecular formula is C22H28N4O6. The van der Waals surface area contributed by atoms with Crippen LogP contribution in [-0.2, 0) is 14.3 Å². The minimum absolute atomic E-state index is 0.136. The summed E-state index contributed by atoms with van der Waals surface area (Å²) in [6.07, 6.45) is 0.634. The number of primary amides is 1.